The van der Waals surface area contributed by atoms with Gasteiger partial charge in [0.25, 0.3) is 11.5 Å². The van der Waals surface area contributed by atoms with Crippen LogP contribution in [-0.4, -0.2) is 54.1 Å². The number of hydrogen-bond acceptors (Lipinski definition) is 6. The molecule has 10 heteroatoms. The van der Waals surface area contributed by atoms with Crippen molar-refractivity contribution in [2.24, 2.45) is 0 Å². The number of H-pyrrole nitrogens is 1. The second kappa shape index (κ2) is 8.22. The number of benzene rings is 2. The highest BCUT2D eigenvalue weighted by molar-refractivity contribution is 7.89. The van der Waals surface area contributed by atoms with Crippen LogP contribution < -0.4 is 10.9 Å². The van der Waals surface area contributed by atoms with Gasteiger partial charge in [-0.15, -0.1) is 0 Å². The molecule has 2 heterocycles. The van der Waals surface area contributed by atoms with Gasteiger partial charge in [0.05, 0.1) is 22.5 Å². The summed E-state index contributed by atoms with van der Waals surface area (Å²) in [5.74, 6) is -0.515. The van der Waals surface area contributed by atoms with Gasteiger partial charge in [-0.05, 0) is 44.2 Å². The summed E-state index contributed by atoms with van der Waals surface area (Å²) < 4.78 is 32.9. The Morgan fingerprint density at radius 1 is 1.06 bits per heavy atom. The highest BCUT2D eigenvalue weighted by Crippen LogP contribution is 2.23. The third-order valence-corrected chi connectivity index (χ3v) is 6.89. The highest BCUT2D eigenvalue weighted by atomic mass is 32.2. The van der Waals surface area contributed by atoms with E-state index >= 15 is 0 Å². The molecular formula is C21H22N4O5S. The number of ether oxygens (including phenoxy) is 1. The number of carbonyl (C=O) groups is 1. The van der Waals surface area contributed by atoms with Crippen LogP contribution in [0.25, 0.3) is 10.8 Å². The van der Waals surface area contributed by atoms with Crippen LogP contribution in [-0.2, 0) is 14.8 Å². The van der Waals surface area contributed by atoms with Crippen molar-refractivity contribution >= 4 is 32.4 Å². The molecule has 0 radical (unpaired) electrons. The number of nitrogens with zero attached hydrogens (tertiary/aromatic N) is 2. The summed E-state index contributed by atoms with van der Waals surface area (Å²) in [6.07, 6.45) is -0.367. The topological polar surface area (TPSA) is 121 Å². The molecular weight excluding hydrogens is 420 g/mol. The minimum atomic E-state index is -3.67. The molecule has 1 fully saturated rings. The minimum absolute atomic E-state index is 0.0724. The van der Waals surface area contributed by atoms with E-state index in [9.17, 15) is 18.0 Å². The van der Waals surface area contributed by atoms with Crippen molar-refractivity contribution in [3.8, 4) is 0 Å². The average Bonchev–Trinajstić information content (AvgIpc) is 2.74. The normalized spacial score (nSPS) is 19.9. The molecule has 0 unspecified atom stereocenters. The van der Waals surface area contributed by atoms with Crippen LogP contribution in [0.4, 0.5) is 5.69 Å². The molecule has 3 aromatic rings. The van der Waals surface area contributed by atoms with Crippen LogP contribution in [0.5, 0.6) is 0 Å². The maximum atomic E-state index is 13.0. The summed E-state index contributed by atoms with van der Waals surface area (Å²) in [6, 6.07) is 12.6. The number of rotatable bonds is 4. The molecule has 1 amide bonds. The summed E-state index contributed by atoms with van der Waals surface area (Å²) in [5.41, 5.74) is 0.0985. The van der Waals surface area contributed by atoms with E-state index in [1.54, 1.807) is 24.3 Å². The lowest BCUT2D eigenvalue weighted by molar-refractivity contribution is -0.0440. The first-order chi connectivity index (χ1) is 14.8. The SMILES string of the molecule is C[C@H]1CN(S(=O)(=O)c2ccc(NC(=O)c3n[nH]c(=O)c4ccccc34)cc2)C[C@H](C)O1. The van der Waals surface area contributed by atoms with Crippen molar-refractivity contribution in [3.63, 3.8) is 0 Å². The van der Waals surface area contributed by atoms with Crippen LogP contribution in [0, 0.1) is 0 Å². The lowest BCUT2D eigenvalue weighted by Crippen LogP contribution is -2.48. The summed E-state index contributed by atoms with van der Waals surface area (Å²) in [5, 5.41) is 9.67. The Morgan fingerprint density at radius 3 is 2.32 bits per heavy atom. The Labute approximate surface area is 179 Å². The van der Waals surface area contributed by atoms with E-state index in [2.05, 4.69) is 15.5 Å². The van der Waals surface area contributed by atoms with Crippen molar-refractivity contribution < 1.29 is 17.9 Å². The van der Waals surface area contributed by atoms with Crippen molar-refractivity contribution in [1.29, 1.82) is 0 Å². The maximum absolute atomic E-state index is 13.0. The van der Waals surface area contributed by atoms with E-state index in [0.717, 1.165) is 0 Å². The van der Waals surface area contributed by atoms with Crippen LogP contribution in [0.1, 0.15) is 24.3 Å². The predicted molar refractivity (Wildman–Crippen MR) is 116 cm³/mol. The molecule has 31 heavy (non-hydrogen) atoms. The number of carbonyl (C=O) groups excluding carboxylic acids is 1. The van der Waals surface area contributed by atoms with Crippen molar-refractivity contribution in [2.75, 3.05) is 18.4 Å². The molecule has 1 aliphatic rings. The molecule has 2 atom stereocenters. The van der Waals surface area contributed by atoms with E-state index in [1.165, 1.54) is 28.6 Å². The molecule has 0 saturated carbocycles. The number of amides is 1. The molecule has 0 spiro atoms. The monoisotopic (exact) mass is 442 g/mol. The number of nitrogens with one attached hydrogen (secondary N) is 2. The second-order valence-corrected chi connectivity index (χ2v) is 9.44. The first-order valence-electron chi connectivity index (χ1n) is 9.80. The Kier molecular flexibility index (Phi) is 5.61. The van der Waals surface area contributed by atoms with Gasteiger partial charge in [-0.3, -0.25) is 9.59 Å². The molecule has 9 nitrogen and oxygen atoms in total. The zero-order valence-corrected chi connectivity index (χ0v) is 17.8. The molecule has 4 rings (SSSR count). The molecule has 1 aliphatic heterocycles. The van der Waals surface area contributed by atoms with Crippen molar-refractivity contribution in [3.05, 3.63) is 64.6 Å². The van der Waals surface area contributed by atoms with E-state index in [4.69, 9.17) is 4.74 Å². The van der Waals surface area contributed by atoms with Gasteiger partial charge >= 0.3 is 0 Å². The minimum Gasteiger partial charge on any atom is -0.373 e. The van der Waals surface area contributed by atoms with Crippen LogP contribution >= 0.6 is 0 Å². The fourth-order valence-corrected chi connectivity index (χ4v) is 5.25. The van der Waals surface area contributed by atoms with E-state index < -0.39 is 15.9 Å². The number of aromatic amines is 1. The fraction of sp³-hybridized carbons (Fsp3) is 0.286. The standard InChI is InChI=1S/C21H22N4O5S/c1-13-11-25(12-14(2)30-13)31(28,29)16-9-7-15(8-10-16)22-21(27)19-17-5-3-4-6-18(17)20(26)24-23-19/h3-10,13-14H,11-12H2,1-2H3,(H,22,27)(H,24,26)/t13-,14-/m0/s1. The van der Waals surface area contributed by atoms with E-state index in [0.29, 0.717) is 16.5 Å². The highest BCUT2D eigenvalue weighted by Gasteiger charge is 2.32. The van der Waals surface area contributed by atoms with Gasteiger partial charge in [0.1, 0.15) is 0 Å². The molecule has 2 aromatic carbocycles. The van der Waals surface area contributed by atoms with Gasteiger partial charge in [-0.25, -0.2) is 13.5 Å². The van der Waals surface area contributed by atoms with Gasteiger partial charge in [0.2, 0.25) is 10.0 Å². The zero-order chi connectivity index (χ0) is 22.2. The van der Waals surface area contributed by atoms with Gasteiger partial charge in [-0.2, -0.15) is 9.40 Å². The van der Waals surface area contributed by atoms with Gasteiger partial charge in [-0.1, -0.05) is 18.2 Å². The lowest BCUT2D eigenvalue weighted by Gasteiger charge is -2.34. The Bertz CT molecular complexity index is 1280. The van der Waals surface area contributed by atoms with Crippen LogP contribution in [0.3, 0.4) is 0 Å². The Balaban J connectivity index is 1.55. The van der Waals surface area contributed by atoms with Crippen LogP contribution in [0.15, 0.2) is 58.2 Å². The largest absolute Gasteiger partial charge is 0.373 e. The van der Waals surface area contributed by atoms with E-state index in [-0.39, 0.29) is 41.4 Å². The number of hydrogen-bond donors (Lipinski definition) is 2. The predicted octanol–water partition coefficient (Wildman–Crippen LogP) is 1.97. The van der Waals surface area contributed by atoms with Crippen molar-refractivity contribution in [2.45, 2.75) is 31.0 Å². The third-order valence-electron chi connectivity index (χ3n) is 5.05. The first kappa shape index (κ1) is 21.2. The van der Waals surface area contributed by atoms with Gasteiger partial charge in [0.15, 0.2) is 5.69 Å². The van der Waals surface area contributed by atoms with Crippen molar-refractivity contribution in [1.82, 2.24) is 14.5 Å². The molecule has 0 aliphatic carbocycles. The average molecular weight is 442 g/mol. The zero-order valence-electron chi connectivity index (χ0n) is 17.0. The third kappa shape index (κ3) is 4.22. The summed E-state index contributed by atoms with van der Waals surface area (Å²) >= 11 is 0. The number of fused-ring (bicyclic) bond motifs is 1. The Hall–Kier alpha value is -3.08. The quantitative estimate of drug-likeness (QED) is 0.637. The summed E-state index contributed by atoms with van der Waals surface area (Å²) in [4.78, 5) is 24.7. The molecule has 162 valence electrons. The maximum Gasteiger partial charge on any atom is 0.276 e. The number of sulfonamides is 1. The molecule has 2 N–H and O–H groups in total. The number of anilines is 1. The lowest BCUT2D eigenvalue weighted by atomic mass is 10.1. The fourth-order valence-electron chi connectivity index (χ4n) is 3.66. The molecule has 1 aromatic heterocycles. The number of aromatic nitrogens is 2. The van der Waals surface area contributed by atoms with Crippen LogP contribution in [0.2, 0.25) is 0 Å². The smallest absolute Gasteiger partial charge is 0.276 e. The summed E-state index contributed by atoms with van der Waals surface area (Å²) in [7, 11) is -3.67. The Morgan fingerprint density at radius 2 is 1.68 bits per heavy atom. The second-order valence-electron chi connectivity index (χ2n) is 7.50. The molecule has 1 saturated heterocycles. The van der Waals surface area contributed by atoms with Gasteiger partial charge in [0, 0.05) is 24.2 Å². The molecule has 0 bridgehead atoms. The van der Waals surface area contributed by atoms with E-state index in [1.807, 2.05) is 13.8 Å². The van der Waals surface area contributed by atoms with Gasteiger partial charge < -0.3 is 10.1 Å². The first-order valence-corrected chi connectivity index (χ1v) is 11.2. The summed E-state index contributed by atoms with van der Waals surface area (Å²) in [6.45, 7) is 4.25. The number of morpholine rings is 1.